The fraction of sp³-hybridized carbons (Fsp3) is 0.300. The zero-order chi connectivity index (χ0) is 18.8. The maximum atomic E-state index is 12.4. The van der Waals surface area contributed by atoms with Crippen LogP contribution in [-0.2, 0) is 9.53 Å². The first-order valence-corrected chi connectivity index (χ1v) is 8.61. The van der Waals surface area contributed by atoms with Gasteiger partial charge in [0.1, 0.15) is 0 Å². The number of carbonyl (C=O) groups excluding carboxylic acids is 2. The fourth-order valence-electron chi connectivity index (χ4n) is 2.51. The maximum Gasteiger partial charge on any atom is 0.251 e. The molecular weight excluding hydrogens is 330 g/mol. The Labute approximate surface area is 154 Å². The van der Waals surface area contributed by atoms with Gasteiger partial charge in [0.05, 0.1) is 13.2 Å². The van der Waals surface area contributed by atoms with E-state index in [4.69, 9.17) is 4.74 Å². The van der Waals surface area contributed by atoms with Crippen LogP contribution in [0.5, 0.6) is 0 Å². The highest BCUT2D eigenvalue weighted by molar-refractivity contribution is 5.98. The molecule has 0 unspecified atom stereocenters. The summed E-state index contributed by atoms with van der Waals surface area (Å²) in [5.74, 6) is -0.328. The molecule has 2 aromatic carbocycles. The fourth-order valence-corrected chi connectivity index (χ4v) is 2.51. The second kappa shape index (κ2) is 10.2. The Morgan fingerprint density at radius 3 is 2.54 bits per heavy atom. The molecule has 0 bridgehead atoms. The third kappa shape index (κ3) is 5.89. The minimum absolute atomic E-state index is 0.132. The summed E-state index contributed by atoms with van der Waals surface area (Å²) in [5.41, 5.74) is 2.09. The average Bonchev–Trinajstić information content (AvgIpc) is 2.67. The van der Waals surface area contributed by atoms with Crippen LogP contribution in [0.3, 0.4) is 0 Å². The predicted octanol–water partition coefficient (Wildman–Crippen LogP) is 2.53. The number of methoxy groups -OCH3 is 1. The van der Waals surface area contributed by atoms with Crippen LogP contribution in [0.1, 0.15) is 17.3 Å². The molecule has 6 nitrogen and oxygen atoms in total. The van der Waals surface area contributed by atoms with Crippen LogP contribution in [0.4, 0.5) is 11.4 Å². The van der Waals surface area contributed by atoms with Gasteiger partial charge in [-0.25, -0.2) is 0 Å². The van der Waals surface area contributed by atoms with E-state index in [1.54, 1.807) is 31.4 Å². The summed E-state index contributed by atoms with van der Waals surface area (Å²) in [6.45, 7) is 3.86. The van der Waals surface area contributed by atoms with E-state index in [1.807, 2.05) is 42.2 Å². The van der Waals surface area contributed by atoms with E-state index < -0.39 is 0 Å². The lowest BCUT2D eigenvalue weighted by Crippen LogP contribution is -2.33. The molecule has 0 aliphatic heterocycles. The first kappa shape index (κ1) is 19.5. The average molecular weight is 355 g/mol. The van der Waals surface area contributed by atoms with Gasteiger partial charge in [-0.05, 0) is 37.3 Å². The molecule has 138 valence electrons. The number of likely N-dealkylation sites (N-methyl/N-ethyl adjacent to an activating group) is 1. The summed E-state index contributed by atoms with van der Waals surface area (Å²) >= 11 is 0. The first-order valence-electron chi connectivity index (χ1n) is 8.61. The van der Waals surface area contributed by atoms with Gasteiger partial charge < -0.3 is 20.3 Å². The van der Waals surface area contributed by atoms with Gasteiger partial charge in [0.2, 0.25) is 5.91 Å². The number of ether oxygens (including phenoxy) is 1. The molecule has 0 atom stereocenters. The second-order valence-electron chi connectivity index (χ2n) is 5.73. The molecule has 2 rings (SSSR count). The smallest absolute Gasteiger partial charge is 0.251 e. The SMILES string of the molecule is CCN(CC(=O)Nc1cccc(C(=O)NCCOC)c1)c1ccccc1. The Hall–Kier alpha value is -2.86. The van der Waals surface area contributed by atoms with Crippen LogP contribution in [-0.4, -0.2) is 45.2 Å². The van der Waals surface area contributed by atoms with E-state index in [0.29, 0.717) is 24.4 Å². The van der Waals surface area contributed by atoms with E-state index >= 15 is 0 Å². The topological polar surface area (TPSA) is 70.7 Å². The van der Waals surface area contributed by atoms with Crippen LogP contribution in [0.2, 0.25) is 0 Å². The van der Waals surface area contributed by atoms with Gasteiger partial charge in [0, 0.05) is 37.1 Å². The molecule has 0 aliphatic rings. The summed E-state index contributed by atoms with van der Waals surface area (Å²) in [5, 5.41) is 5.61. The van der Waals surface area contributed by atoms with Gasteiger partial charge in [-0.1, -0.05) is 24.3 Å². The number of amides is 2. The number of benzene rings is 2. The van der Waals surface area contributed by atoms with Gasteiger partial charge in [0.25, 0.3) is 5.91 Å². The zero-order valence-electron chi connectivity index (χ0n) is 15.2. The molecule has 0 saturated heterocycles. The number of rotatable bonds is 9. The van der Waals surface area contributed by atoms with Gasteiger partial charge in [0.15, 0.2) is 0 Å². The monoisotopic (exact) mass is 355 g/mol. The van der Waals surface area contributed by atoms with Crippen molar-refractivity contribution in [1.82, 2.24) is 5.32 Å². The van der Waals surface area contributed by atoms with Gasteiger partial charge in [-0.2, -0.15) is 0 Å². The third-order valence-corrected chi connectivity index (χ3v) is 3.84. The largest absolute Gasteiger partial charge is 0.383 e. The van der Waals surface area contributed by atoms with Crippen molar-refractivity contribution in [3.05, 3.63) is 60.2 Å². The number of nitrogens with one attached hydrogen (secondary N) is 2. The summed E-state index contributed by atoms with van der Waals surface area (Å²) in [6.07, 6.45) is 0. The van der Waals surface area contributed by atoms with Crippen molar-refractivity contribution in [2.75, 3.05) is 43.6 Å². The van der Waals surface area contributed by atoms with Gasteiger partial charge >= 0.3 is 0 Å². The summed E-state index contributed by atoms with van der Waals surface area (Å²) in [6, 6.07) is 16.7. The number of para-hydroxylation sites is 1. The molecule has 2 aromatic rings. The third-order valence-electron chi connectivity index (χ3n) is 3.84. The highest BCUT2D eigenvalue weighted by Gasteiger charge is 2.11. The van der Waals surface area contributed by atoms with Crippen molar-refractivity contribution in [2.45, 2.75) is 6.92 Å². The standard InChI is InChI=1S/C20H25N3O3/c1-3-23(18-10-5-4-6-11-18)15-19(24)22-17-9-7-8-16(14-17)20(25)21-12-13-26-2/h4-11,14H,3,12-13,15H2,1-2H3,(H,21,25)(H,22,24). The zero-order valence-corrected chi connectivity index (χ0v) is 15.2. The van der Waals surface area contributed by atoms with Crippen LogP contribution < -0.4 is 15.5 Å². The Morgan fingerprint density at radius 1 is 1.08 bits per heavy atom. The molecule has 0 aromatic heterocycles. The lowest BCUT2D eigenvalue weighted by Gasteiger charge is -2.22. The van der Waals surface area contributed by atoms with Crippen molar-refractivity contribution >= 4 is 23.2 Å². The molecule has 0 radical (unpaired) electrons. The van der Waals surface area contributed by atoms with E-state index in [2.05, 4.69) is 10.6 Å². The Bertz CT molecular complexity index is 719. The summed E-state index contributed by atoms with van der Waals surface area (Å²) in [4.78, 5) is 26.4. The molecular formula is C20H25N3O3. The molecule has 2 N–H and O–H groups in total. The predicted molar refractivity (Wildman–Crippen MR) is 104 cm³/mol. The normalized spacial score (nSPS) is 10.2. The second-order valence-corrected chi connectivity index (χ2v) is 5.73. The van der Waals surface area contributed by atoms with E-state index in [9.17, 15) is 9.59 Å². The molecule has 0 saturated carbocycles. The molecule has 0 aliphatic carbocycles. The highest BCUT2D eigenvalue weighted by Crippen LogP contribution is 2.14. The van der Waals surface area contributed by atoms with Crippen molar-refractivity contribution in [2.24, 2.45) is 0 Å². The lowest BCUT2D eigenvalue weighted by atomic mass is 10.2. The van der Waals surface area contributed by atoms with E-state index in [1.165, 1.54) is 0 Å². The minimum atomic E-state index is -0.197. The van der Waals surface area contributed by atoms with Gasteiger partial charge in [-0.15, -0.1) is 0 Å². The molecule has 0 spiro atoms. The van der Waals surface area contributed by atoms with Crippen LogP contribution in [0, 0.1) is 0 Å². The number of hydrogen-bond donors (Lipinski definition) is 2. The molecule has 2 amide bonds. The summed E-state index contributed by atoms with van der Waals surface area (Å²) < 4.78 is 4.91. The quantitative estimate of drug-likeness (QED) is 0.678. The molecule has 0 fully saturated rings. The first-order chi connectivity index (χ1) is 12.6. The minimum Gasteiger partial charge on any atom is -0.383 e. The van der Waals surface area contributed by atoms with Crippen molar-refractivity contribution in [3.63, 3.8) is 0 Å². The van der Waals surface area contributed by atoms with Crippen molar-refractivity contribution < 1.29 is 14.3 Å². The molecule has 26 heavy (non-hydrogen) atoms. The Balaban J connectivity index is 1.96. The summed E-state index contributed by atoms with van der Waals surface area (Å²) in [7, 11) is 1.58. The van der Waals surface area contributed by atoms with Crippen LogP contribution in [0.25, 0.3) is 0 Å². The molecule has 0 heterocycles. The van der Waals surface area contributed by atoms with Gasteiger partial charge in [-0.3, -0.25) is 9.59 Å². The Kier molecular flexibility index (Phi) is 7.64. The van der Waals surface area contributed by atoms with Crippen LogP contribution in [0.15, 0.2) is 54.6 Å². The molecule has 6 heteroatoms. The lowest BCUT2D eigenvalue weighted by molar-refractivity contribution is -0.115. The number of carbonyl (C=O) groups is 2. The van der Waals surface area contributed by atoms with Crippen LogP contribution >= 0.6 is 0 Å². The van der Waals surface area contributed by atoms with E-state index in [-0.39, 0.29) is 18.4 Å². The Morgan fingerprint density at radius 2 is 1.85 bits per heavy atom. The highest BCUT2D eigenvalue weighted by atomic mass is 16.5. The number of anilines is 2. The van der Waals surface area contributed by atoms with Crippen molar-refractivity contribution in [1.29, 1.82) is 0 Å². The maximum absolute atomic E-state index is 12.4. The number of nitrogens with zero attached hydrogens (tertiary/aromatic N) is 1. The van der Waals surface area contributed by atoms with E-state index in [0.717, 1.165) is 12.2 Å². The number of hydrogen-bond acceptors (Lipinski definition) is 4. The van der Waals surface area contributed by atoms with Crippen molar-refractivity contribution in [3.8, 4) is 0 Å².